The normalized spacial score (nSPS) is 16.9. The Balaban J connectivity index is 2.41. The van der Waals surface area contributed by atoms with Crippen molar-refractivity contribution in [3.8, 4) is 0 Å². The third-order valence-corrected chi connectivity index (χ3v) is 2.58. The van der Waals surface area contributed by atoms with Crippen molar-refractivity contribution in [1.82, 2.24) is 5.32 Å². The maximum Gasteiger partial charge on any atom is 0.418 e. The van der Waals surface area contributed by atoms with Crippen LogP contribution < -0.4 is 10.2 Å². The monoisotopic (exact) mass is 244 g/mol. The minimum atomic E-state index is -4.45. The molecule has 0 saturated carbocycles. The molecule has 0 radical (unpaired) electrons. The Hall–Kier alpha value is -1.72. The Bertz CT molecular complexity index is 431. The second kappa shape index (κ2) is 4.27. The number of carbonyl (C=O) groups excluding carboxylic acids is 1. The molecule has 17 heavy (non-hydrogen) atoms. The van der Waals surface area contributed by atoms with E-state index in [2.05, 4.69) is 5.32 Å². The number of nitrogens with one attached hydrogen (secondary N) is 1. The van der Waals surface area contributed by atoms with Gasteiger partial charge in [0.15, 0.2) is 0 Å². The first-order chi connectivity index (χ1) is 8.00. The van der Waals surface area contributed by atoms with Crippen molar-refractivity contribution in [2.75, 3.05) is 18.0 Å². The van der Waals surface area contributed by atoms with Gasteiger partial charge in [-0.05, 0) is 18.6 Å². The van der Waals surface area contributed by atoms with E-state index in [1.165, 1.54) is 18.2 Å². The van der Waals surface area contributed by atoms with Crippen LogP contribution in [0.2, 0.25) is 0 Å². The van der Waals surface area contributed by atoms with E-state index in [0.29, 0.717) is 19.5 Å². The summed E-state index contributed by atoms with van der Waals surface area (Å²) in [4.78, 5) is 12.7. The van der Waals surface area contributed by atoms with Crippen LogP contribution in [0.3, 0.4) is 0 Å². The van der Waals surface area contributed by atoms with Crippen LogP contribution in [0.4, 0.5) is 23.7 Å². The average molecular weight is 244 g/mol. The fourth-order valence-corrected chi connectivity index (χ4v) is 1.81. The molecule has 6 heteroatoms. The lowest BCUT2D eigenvalue weighted by molar-refractivity contribution is -0.137. The van der Waals surface area contributed by atoms with E-state index in [1.54, 1.807) is 0 Å². The molecule has 1 heterocycles. The second-order valence-electron chi connectivity index (χ2n) is 3.75. The van der Waals surface area contributed by atoms with Crippen LogP contribution in [0.25, 0.3) is 0 Å². The number of hydrogen-bond acceptors (Lipinski definition) is 1. The maximum absolute atomic E-state index is 12.8. The van der Waals surface area contributed by atoms with Crippen LogP contribution in [-0.2, 0) is 6.18 Å². The molecular weight excluding hydrogens is 233 g/mol. The summed E-state index contributed by atoms with van der Waals surface area (Å²) < 4.78 is 38.3. The van der Waals surface area contributed by atoms with Gasteiger partial charge in [-0.1, -0.05) is 12.1 Å². The zero-order valence-corrected chi connectivity index (χ0v) is 8.92. The predicted octanol–water partition coefficient (Wildman–Crippen LogP) is 2.63. The Morgan fingerprint density at radius 2 is 1.94 bits per heavy atom. The minimum absolute atomic E-state index is 0.0859. The van der Waals surface area contributed by atoms with Crippen molar-refractivity contribution in [1.29, 1.82) is 0 Å². The molecule has 1 N–H and O–H groups in total. The summed E-state index contributed by atoms with van der Waals surface area (Å²) in [5.74, 6) is 0. The Labute approximate surface area is 96.2 Å². The zero-order chi connectivity index (χ0) is 12.5. The highest BCUT2D eigenvalue weighted by molar-refractivity contribution is 5.93. The highest BCUT2D eigenvalue weighted by atomic mass is 19.4. The smallest absolute Gasteiger partial charge is 0.338 e. The number of anilines is 1. The molecule has 92 valence electrons. The van der Waals surface area contributed by atoms with Gasteiger partial charge in [0, 0.05) is 13.1 Å². The predicted molar refractivity (Wildman–Crippen MR) is 56.8 cm³/mol. The van der Waals surface area contributed by atoms with Crippen LogP contribution in [0, 0.1) is 0 Å². The Morgan fingerprint density at radius 1 is 1.24 bits per heavy atom. The number of hydrogen-bond donors (Lipinski definition) is 1. The Kier molecular flexibility index (Phi) is 2.95. The van der Waals surface area contributed by atoms with Crippen LogP contribution in [0.5, 0.6) is 0 Å². The van der Waals surface area contributed by atoms with Gasteiger partial charge in [0.25, 0.3) is 0 Å². The summed E-state index contributed by atoms with van der Waals surface area (Å²) in [6.07, 6.45) is -3.81. The van der Waals surface area contributed by atoms with Crippen LogP contribution >= 0.6 is 0 Å². The average Bonchev–Trinajstić information content (AvgIpc) is 2.28. The van der Waals surface area contributed by atoms with Gasteiger partial charge in [0.2, 0.25) is 0 Å². The molecule has 0 aliphatic carbocycles. The van der Waals surface area contributed by atoms with Crippen LogP contribution in [0.1, 0.15) is 12.0 Å². The molecule has 1 fully saturated rings. The number of para-hydroxylation sites is 1. The lowest BCUT2D eigenvalue weighted by atomic mass is 10.1. The molecule has 0 bridgehead atoms. The second-order valence-corrected chi connectivity index (χ2v) is 3.75. The highest BCUT2D eigenvalue weighted by Gasteiger charge is 2.36. The quantitative estimate of drug-likeness (QED) is 0.809. The SMILES string of the molecule is O=C1NCCCN1c1ccccc1C(F)(F)F. The van der Waals surface area contributed by atoms with Crippen molar-refractivity contribution in [3.05, 3.63) is 29.8 Å². The number of nitrogens with zero attached hydrogens (tertiary/aromatic N) is 1. The first-order valence-corrected chi connectivity index (χ1v) is 5.22. The summed E-state index contributed by atoms with van der Waals surface area (Å²) in [5.41, 5.74) is -0.866. The first kappa shape index (κ1) is 11.8. The van der Waals surface area contributed by atoms with Gasteiger partial charge in [-0.15, -0.1) is 0 Å². The van der Waals surface area contributed by atoms with E-state index in [0.717, 1.165) is 11.0 Å². The van der Waals surface area contributed by atoms with Crippen molar-refractivity contribution >= 4 is 11.7 Å². The van der Waals surface area contributed by atoms with E-state index in [4.69, 9.17) is 0 Å². The number of halogens is 3. The highest BCUT2D eigenvalue weighted by Crippen LogP contribution is 2.36. The molecule has 0 spiro atoms. The zero-order valence-electron chi connectivity index (χ0n) is 8.92. The van der Waals surface area contributed by atoms with Gasteiger partial charge < -0.3 is 5.32 Å². The Morgan fingerprint density at radius 3 is 2.59 bits per heavy atom. The lowest BCUT2D eigenvalue weighted by Crippen LogP contribution is -2.47. The number of amides is 2. The molecule has 0 unspecified atom stereocenters. The van der Waals surface area contributed by atoms with E-state index >= 15 is 0 Å². The summed E-state index contributed by atoms with van der Waals surface area (Å²) in [7, 11) is 0. The molecule has 1 saturated heterocycles. The fraction of sp³-hybridized carbons (Fsp3) is 0.364. The van der Waals surface area contributed by atoms with Crippen molar-refractivity contribution in [2.24, 2.45) is 0 Å². The number of alkyl halides is 3. The summed E-state index contributed by atoms with van der Waals surface area (Å²) in [5, 5.41) is 2.53. The van der Waals surface area contributed by atoms with Gasteiger partial charge in [-0.2, -0.15) is 13.2 Å². The van der Waals surface area contributed by atoms with Gasteiger partial charge in [0.05, 0.1) is 11.3 Å². The van der Waals surface area contributed by atoms with E-state index in [-0.39, 0.29) is 5.69 Å². The number of benzene rings is 1. The number of urea groups is 1. The summed E-state index contributed by atoms with van der Waals surface area (Å²) >= 11 is 0. The lowest BCUT2D eigenvalue weighted by Gasteiger charge is -2.29. The standard InChI is InChI=1S/C11H11F3N2O/c12-11(13,14)8-4-1-2-5-9(8)16-7-3-6-15-10(16)17/h1-2,4-5H,3,6-7H2,(H,15,17). The number of rotatable bonds is 1. The summed E-state index contributed by atoms with van der Waals surface area (Å²) in [6, 6.07) is 4.62. The molecule has 1 aromatic carbocycles. The van der Waals surface area contributed by atoms with E-state index in [9.17, 15) is 18.0 Å². The molecule has 3 nitrogen and oxygen atoms in total. The first-order valence-electron chi connectivity index (χ1n) is 5.22. The summed E-state index contributed by atoms with van der Waals surface area (Å²) in [6.45, 7) is 0.808. The van der Waals surface area contributed by atoms with Crippen LogP contribution in [-0.4, -0.2) is 19.1 Å². The largest absolute Gasteiger partial charge is 0.418 e. The molecular formula is C11H11F3N2O. The molecule has 1 aliphatic heterocycles. The van der Waals surface area contributed by atoms with Crippen molar-refractivity contribution < 1.29 is 18.0 Å². The van der Waals surface area contributed by atoms with Gasteiger partial charge in [0.1, 0.15) is 0 Å². The third-order valence-electron chi connectivity index (χ3n) is 2.58. The van der Waals surface area contributed by atoms with E-state index < -0.39 is 17.8 Å². The van der Waals surface area contributed by atoms with Crippen molar-refractivity contribution in [3.63, 3.8) is 0 Å². The van der Waals surface area contributed by atoms with Gasteiger partial charge >= 0.3 is 12.2 Å². The maximum atomic E-state index is 12.8. The van der Waals surface area contributed by atoms with Crippen molar-refractivity contribution in [2.45, 2.75) is 12.6 Å². The van der Waals surface area contributed by atoms with E-state index in [1.807, 2.05) is 0 Å². The molecule has 2 rings (SSSR count). The third kappa shape index (κ3) is 2.35. The molecule has 1 aliphatic rings. The molecule has 1 aromatic rings. The van der Waals surface area contributed by atoms with Crippen LogP contribution in [0.15, 0.2) is 24.3 Å². The molecule has 2 amide bonds. The van der Waals surface area contributed by atoms with Gasteiger partial charge in [-0.25, -0.2) is 4.79 Å². The van der Waals surface area contributed by atoms with Gasteiger partial charge in [-0.3, -0.25) is 4.90 Å². The minimum Gasteiger partial charge on any atom is -0.338 e. The topological polar surface area (TPSA) is 32.3 Å². The number of carbonyl (C=O) groups is 1. The molecule has 0 aromatic heterocycles. The molecule has 0 atom stereocenters. The fourth-order valence-electron chi connectivity index (χ4n) is 1.81.